The number of aliphatic hydroxyl groups is 1. The Morgan fingerprint density at radius 2 is 2.06 bits per heavy atom. The van der Waals surface area contributed by atoms with Crippen molar-refractivity contribution in [1.29, 1.82) is 0 Å². The Bertz CT molecular complexity index is 221. The summed E-state index contributed by atoms with van der Waals surface area (Å²) in [5.74, 6) is 0.138. The third kappa shape index (κ3) is 3.76. The van der Waals surface area contributed by atoms with Crippen LogP contribution in [0.1, 0.15) is 44.9 Å². The van der Waals surface area contributed by atoms with Crippen molar-refractivity contribution < 1.29 is 9.90 Å². The lowest BCUT2D eigenvalue weighted by Gasteiger charge is -2.35. The molecule has 0 bridgehead atoms. The molecule has 0 aromatic rings. The van der Waals surface area contributed by atoms with E-state index < -0.39 is 0 Å². The van der Waals surface area contributed by atoms with Gasteiger partial charge in [-0.15, -0.1) is 0 Å². The van der Waals surface area contributed by atoms with Gasteiger partial charge in [0.15, 0.2) is 0 Å². The molecule has 1 rings (SSSR count). The van der Waals surface area contributed by atoms with E-state index in [0.29, 0.717) is 13.0 Å². The molecule has 4 nitrogen and oxygen atoms in total. The number of hydrogen-bond acceptors (Lipinski definition) is 3. The van der Waals surface area contributed by atoms with E-state index in [2.05, 4.69) is 0 Å². The Labute approximate surface area is 97.8 Å². The lowest BCUT2D eigenvalue weighted by Crippen LogP contribution is -2.46. The van der Waals surface area contributed by atoms with Gasteiger partial charge in [0, 0.05) is 13.5 Å². The van der Waals surface area contributed by atoms with Crippen molar-refractivity contribution in [2.24, 2.45) is 5.73 Å². The third-order valence-corrected chi connectivity index (χ3v) is 3.43. The van der Waals surface area contributed by atoms with E-state index in [-0.39, 0.29) is 18.1 Å². The first-order valence-electron chi connectivity index (χ1n) is 6.30. The molecule has 0 aromatic carbocycles. The lowest BCUT2D eigenvalue weighted by molar-refractivity contribution is -0.135. The van der Waals surface area contributed by atoms with E-state index in [1.54, 1.807) is 4.90 Å². The molecule has 0 aromatic heterocycles. The fraction of sp³-hybridized carbons (Fsp3) is 0.917. The van der Waals surface area contributed by atoms with Crippen LogP contribution in [0.4, 0.5) is 0 Å². The molecule has 4 heteroatoms. The van der Waals surface area contributed by atoms with Crippen molar-refractivity contribution in [2.45, 2.75) is 57.1 Å². The van der Waals surface area contributed by atoms with Crippen LogP contribution in [0.3, 0.4) is 0 Å². The van der Waals surface area contributed by atoms with Crippen molar-refractivity contribution in [3.05, 3.63) is 0 Å². The van der Waals surface area contributed by atoms with Gasteiger partial charge in [0.2, 0.25) is 5.91 Å². The van der Waals surface area contributed by atoms with Gasteiger partial charge in [-0.3, -0.25) is 4.79 Å². The predicted molar refractivity (Wildman–Crippen MR) is 63.9 cm³/mol. The monoisotopic (exact) mass is 228 g/mol. The first kappa shape index (κ1) is 13.5. The molecule has 0 heterocycles. The van der Waals surface area contributed by atoms with Gasteiger partial charge < -0.3 is 15.7 Å². The number of likely N-dealkylation sites (N-methyl/N-ethyl adjacent to an activating group) is 1. The minimum absolute atomic E-state index is 0.0270. The summed E-state index contributed by atoms with van der Waals surface area (Å²) in [7, 11) is 1.81. The standard InChI is InChI=1S/C12H24N2O2/c1-14(12(16)8-4-5-9-13)10-6-2-3-7-11(10)15/h10-11,15H,2-9,13H2,1H3. The lowest BCUT2D eigenvalue weighted by atomic mass is 9.91. The molecule has 1 aliphatic rings. The molecule has 1 saturated carbocycles. The maximum Gasteiger partial charge on any atom is 0.222 e. The summed E-state index contributed by atoms with van der Waals surface area (Å²) in [5.41, 5.74) is 5.39. The number of rotatable bonds is 5. The Kier molecular flexibility index (Phi) is 5.77. The molecule has 0 saturated heterocycles. The minimum atomic E-state index is -0.336. The topological polar surface area (TPSA) is 66.6 Å². The van der Waals surface area contributed by atoms with Crippen LogP contribution < -0.4 is 5.73 Å². The number of carbonyl (C=O) groups is 1. The molecule has 1 fully saturated rings. The van der Waals surface area contributed by atoms with Crippen LogP contribution in [-0.4, -0.2) is 41.7 Å². The van der Waals surface area contributed by atoms with Crippen molar-refractivity contribution in [2.75, 3.05) is 13.6 Å². The van der Waals surface area contributed by atoms with Gasteiger partial charge in [-0.1, -0.05) is 12.8 Å². The summed E-state index contributed by atoms with van der Waals surface area (Å²) in [6, 6.07) is 0.0270. The summed E-state index contributed by atoms with van der Waals surface area (Å²) in [5, 5.41) is 9.85. The summed E-state index contributed by atoms with van der Waals surface area (Å²) in [4.78, 5) is 13.6. The van der Waals surface area contributed by atoms with Gasteiger partial charge >= 0.3 is 0 Å². The Morgan fingerprint density at radius 3 is 2.69 bits per heavy atom. The van der Waals surface area contributed by atoms with Crippen LogP contribution in [0.15, 0.2) is 0 Å². The van der Waals surface area contributed by atoms with Crippen molar-refractivity contribution in [3.63, 3.8) is 0 Å². The number of nitrogens with two attached hydrogens (primary N) is 1. The van der Waals surface area contributed by atoms with Crippen LogP contribution >= 0.6 is 0 Å². The largest absolute Gasteiger partial charge is 0.391 e. The van der Waals surface area contributed by atoms with E-state index in [1.807, 2.05) is 7.05 Å². The smallest absolute Gasteiger partial charge is 0.222 e. The SMILES string of the molecule is CN(C(=O)CCCCN)C1CCCCC1O. The highest BCUT2D eigenvalue weighted by atomic mass is 16.3. The van der Waals surface area contributed by atoms with E-state index in [9.17, 15) is 9.90 Å². The number of amides is 1. The second-order valence-corrected chi connectivity index (χ2v) is 4.67. The van der Waals surface area contributed by atoms with Crippen molar-refractivity contribution in [3.8, 4) is 0 Å². The molecule has 0 radical (unpaired) electrons. The van der Waals surface area contributed by atoms with E-state index in [1.165, 1.54) is 0 Å². The highest BCUT2D eigenvalue weighted by Gasteiger charge is 2.28. The maximum absolute atomic E-state index is 11.8. The molecule has 3 N–H and O–H groups in total. The highest BCUT2D eigenvalue weighted by molar-refractivity contribution is 5.76. The average Bonchev–Trinajstić information content (AvgIpc) is 2.29. The van der Waals surface area contributed by atoms with Gasteiger partial charge in [0.1, 0.15) is 0 Å². The van der Waals surface area contributed by atoms with Crippen molar-refractivity contribution in [1.82, 2.24) is 4.90 Å². The first-order chi connectivity index (χ1) is 7.66. The van der Waals surface area contributed by atoms with E-state index in [0.717, 1.165) is 38.5 Å². The zero-order chi connectivity index (χ0) is 12.0. The zero-order valence-corrected chi connectivity index (χ0v) is 10.2. The summed E-state index contributed by atoms with van der Waals surface area (Å²) in [6.07, 6.45) is 5.91. The number of carbonyl (C=O) groups excluding carboxylic acids is 1. The van der Waals surface area contributed by atoms with E-state index >= 15 is 0 Å². The van der Waals surface area contributed by atoms with Crippen LogP contribution in [0.25, 0.3) is 0 Å². The van der Waals surface area contributed by atoms with Gasteiger partial charge in [-0.25, -0.2) is 0 Å². The van der Waals surface area contributed by atoms with Crippen LogP contribution in [0.2, 0.25) is 0 Å². The summed E-state index contributed by atoms with van der Waals surface area (Å²) in [6.45, 7) is 0.642. The Balaban J connectivity index is 2.36. The fourth-order valence-corrected chi connectivity index (χ4v) is 2.33. The second kappa shape index (κ2) is 6.86. The number of hydrogen-bond donors (Lipinski definition) is 2. The predicted octanol–water partition coefficient (Wildman–Crippen LogP) is 0.877. The fourth-order valence-electron chi connectivity index (χ4n) is 2.33. The molecule has 94 valence electrons. The van der Waals surface area contributed by atoms with Gasteiger partial charge in [0.05, 0.1) is 12.1 Å². The average molecular weight is 228 g/mol. The van der Waals surface area contributed by atoms with Crippen LogP contribution in [0.5, 0.6) is 0 Å². The molecule has 1 aliphatic carbocycles. The number of unbranched alkanes of at least 4 members (excludes halogenated alkanes) is 1. The maximum atomic E-state index is 11.8. The molecule has 0 aliphatic heterocycles. The Morgan fingerprint density at radius 1 is 1.38 bits per heavy atom. The Hall–Kier alpha value is -0.610. The minimum Gasteiger partial charge on any atom is -0.391 e. The van der Waals surface area contributed by atoms with E-state index in [4.69, 9.17) is 5.73 Å². The molecule has 2 unspecified atom stereocenters. The molecule has 16 heavy (non-hydrogen) atoms. The third-order valence-electron chi connectivity index (χ3n) is 3.43. The van der Waals surface area contributed by atoms with Gasteiger partial charge in [0.25, 0.3) is 0 Å². The highest BCUT2D eigenvalue weighted by Crippen LogP contribution is 2.22. The van der Waals surface area contributed by atoms with Gasteiger partial charge in [-0.2, -0.15) is 0 Å². The van der Waals surface area contributed by atoms with Crippen LogP contribution in [0, 0.1) is 0 Å². The molecule has 0 spiro atoms. The first-order valence-corrected chi connectivity index (χ1v) is 6.30. The van der Waals surface area contributed by atoms with Gasteiger partial charge in [-0.05, 0) is 32.2 Å². The normalized spacial score (nSPS) is 25.4. The summed E-state index contributed by atoms with van der Waals surface area (Å²) >= 11 is 0. The second-order valence-electron chi connectivity index (χ2n) is 4.67. The molecule has 2 atom stereocenters. The zero-order valence-electron chi connectivity index (χ0n) is 10.2. The summed E-state index contributed by atoms with van der Waals surface area (Å²) < 4.78 is 0. The van der Waals surface area contributed by atoms with Crippen LogP contribution in [-0.2, 0) is 4.79 Å². The molecular weight excluding hydrogens is 204 g/mol. The number of aliphatic hydroxyl groups excluding tert-OH is 1. The molecular formula is C12H24N2O2. The van der Waals surface area contributed by atoms with Crippen molar-refractivity contribution >= 4 is 5.91 Å². The molecule has 1 amide bonds. The quantitative estimate of drug-likeness (QED) is 0.686. The number of nitrogens with zero attached hydrogens (tertiary/aromatic N) is 1.